The van der Waals surface area contributed by atoms with Gasteiger partial charge >= 0.3 is 12.0 Å². The summed E-state index contributed by atoms with van der Waals surface area (Å²) in [4.78, 5) is 28.2. The first-order chi connectivity index (χ1) is 17.5. The Balaban J connectivity index is 1.46. The molecule has 182 valence electrons. The quantitative estimate of drug-likeness (QED) is 0.256. The number of carbonyl (C=O) groups is 2. The van der Waals surface area contributed by atoms with Crippen LogP contribution in [0, 0.1) is 0 Å². The lowest BCUT2D eigenvalue weighted by Gasteiger charge is -2.30. The number of rotatable bonds is 9. The number of nitrogens with zero attached hydrogens (tertiary/aromatic N) is 1. The summed E-state index contributed by atoms with van der Waals surface area (Å²) >= 11 is 1.55. The SMILES string of the molecule is CC(c1ccccc1)N(Cc1ccccc1)C(=O)Nc1ccc(Sc2cccc(CC(=O)O)c2)cc1. The van der Waals surface area contributed by atoms with Gasteiger partial charge in [-0.05, 0) is 60.0 Å². The molecule has 0 aliphatic rings. The van der Waals surface area contributed by atoms with Crippen LogP contribution < -0.4 is 5.32 Å². The first-order valence-electron chi connectivity index (χ1n) is 11.7. The Kier molecular flexibility index (Phi) is 8.42. The van der Waals surface area contributed by atoms with E-state index in [-0.39, 0.29) is 18.5 Å². The van der Waals surface area contributed by atoms with E-state index in [1.54, 1.807) is 11.8 Å². The first kappa shape index (κ1) is 25.1. The molecule has 4 aromatic carbocycles. The van der Waals surface area contributed by atoms with Crippen molar-refractivity contribution >= 4 is 29.4 Å². The van der Waals surface area contributed by atoms with Crippen molar-refractivity contribution in [2.45, 2.75) is 35.7 Å². The second kappa shape index (κ2) is 12.1. The Morgan fingerprint density at radius 1 is 0.806 bits per heavy atom. The van der Waals surface area contributed by atoms with Crippen LogP contribution in [0.4, 0.5) is 10.5 Å². The number of carbonyl (C=O) groups excluding carboxylic acids is 1. The zero-order valence-corrected chi connectivity index (χ0v) is 20.8. The Morgan fingerprint density at radius 2 is 1.44 bits per heavy atom. The Bertz CT molecular complexity index is 1290. The standard InChI is InChI=1S/C30H28N2O3S/c1-22(25-12-6-3-7-13-25)32(21-23-9-4-2-5-10-23)30(35)31-26-15-17-27(18-16-26)36-28-14-8-11-24(19-28)20-29(33)34/h2-19,22H,20-21H2,1H3,(H,31,35)(H,33,34). The third-order valence-electron chi connectivity index (χ3n) is 5.80. The normalized spacial score (nSPS) is 11.5. The van der Waals surface area contributed by atoms with Crippen molar-refractivity contribution in [1.82, 2.24) is 4.90 Å². The Labute approximate surface area is 215 Å². The van der Waals surface area contributed by atoms with E-state index < -0.39 is 5.97 Å². The predicted octanol–water partition coefficient (Wildman–Crippen LogP) is 7.26. The summed E-state index contributed by atoms with van der Waals surface area (Å²) in [5, 5.41) is 12.1. The molecule has 6 heteroatoms. The summed E-state index contributed by atoms with van der Waals surface area (Å²) in [6, 6.07) is 34.9. The van der Waals surface area contributed by atoms with Crippen LogP contribution in [0.1, 0.15) is 29.7 Å². The fraction of sp³-hybridized carbons (Fsp3) is 0.133. The minimum atomic E-state index is -0.847. The molecule has 36 heavy (non-hydrogen) atoms. The smallest absolute Gasteiger partial charge is 0.322 e. The number of urea groups is 1. The van der Waals surface area contributed by atoms with Crippen molar-refractivity contribution in [1.29, 1.82) is 0 Å². The van der Waals surface area contributed by atoms with Crippen LogP contribution >= 0.6 is 11.8 Å². The van der Waals surface area contributed by atoms with Gasteiger partial charge in [-0.25, -0.2) is 4.79 Å². The van der Waals surface area contributed by atoms with Gasteiger partial charge in [0.25, 0.3) is 0 Å². The molecule has 2 N–H and O–H groups in total. The predicted molar refractivity (Wildman–Crippen MR) is 144 cm³/mol. The largest absolute Gasteiger partial charge is 0.481 e. The van der Waals surface area contributed by atoms with Crippen LogP contribution in [0.15, 0.2) is 119 Å². The molecule has 2 amide bonds. The van der Waals surface area contributed by atoms with E-state index in [9.17, 15) is 9.59 Å². The average molecular weight is 497 g/mol. The molecule has 0 radical (unpaired) electrons. The number of amides is 2. The molecule has 4 rings (SSSR count). The maximum atomic E-state index is 13.4. The molecule has 0 spiro atoms. The number of aliphatic carboxylic acids is 1. The van der Waals surface area contributed by atoms with Crippen molar-refractivity contribution in [3.8, 4) is 0 Å². The highest BCUT2D eigenvalue weighted by Crippen LogP contribution is 2.30. The highest BCUT2D eigenvalue weighted by Gasteiger charge is 2.22. The van der Waals surface area contributed by atoms with Gasteiger partial charge in [-0.2, -0.15) is 0 Å². The summed E-state index contributed by atoms with van der Waals surface area (Å²) < 4.78 is 0. The van der Waals surface area contributed by atoms with Gasteiger partial charge in [0, 0.05) is 22.0 Å². The number of nitrogens with one attached hydrogen (secondary N) is 1. The fourth-order valence-electron chi connectivity index (χ4n) is 3.91. The molecular weight excluding hydrogens is 468 g/mol. The van der Waals surface area contributed by atoms with Gasteiger partial charge in [-0.3, -0.25) is 4.79 Å². The lowest BCUT2D eigenvalue weighted by molar-refractivity contribution is -0.136. The number of anilines is 1. The molecule has 0 fully saturated rings. The number of hydrogen-bond acceptors (Lipinski definition) is 3. The number of benzene rings is 4. The lowest BCUT2D eigenvalue weighted by atomic mass is 10.1. The van der Waals surface area contributed by atoms with Crippen molar-refractivity contribution < 1.29 is 14.7 Å². The summed E-state index contributed by atoms with van der Waals surface area (Å²) in [6.07, 6.45) is 0.000253. The molecule has 1 unspecified atom stereocenters. The molecule has 0 bridgehead atoms. The molecule has 0 saturated carbocycles. The molecule has 0 aromatic heterocycles. The number of hydrogen-bond donors (Lipinski definition) is 2. The van der Waals surface area contributed by atoms with Crippen LogP contribution in [0.25, 0.3) is 0 Å². The Morgan fingerprint density at radius 3 is 2.11 bits per heavy atom. The monoisotopic (exact) mass is 496 g/mol. The van der Waals surface area contributed by atoms with Crippen LogP contribution in [0.2, 0.25) is 0 Å². The van der Waals surface area contributed by atoms with E-state index in [0.717, 1.165) is 26.5 Å². The molecule has 0 saturated heterocycles. The average Bonchev–Trinajstić information content (AvgIpc) is 2.89. The van der Waals surface area contributed by atoms with E-state index >= 15 is 0 Å². The molecule has 5 nitrogen and oxygen atoms in total. The molecule has 4 aromatic rings. The second-order valence-corrected chi connectivity index (χ2v) is 9.62. The molecule has 0 heterocycles. The van der Waals surface area contributed by atoms with E-state index in [1.807, 2.05) is 121 Å². The zero-order valence-electron chi connectivity index (χ0n) is 20.0. The summed E-state index contributed by atoms with van der Waals surface area (Å²) in [7, 11) is 0. The maximum absolute atomic E-state index is 13.4. The van der Waals surface area contributed by atoms with Gasteiger partial charge in [0.15, 0.2) is 0 Å². The second-order valence-electron chi connectivity index (χ2n) is 8.47. The van der Waals surface area contributed by atoms with E-state index in [0.29, 0.717) is 12.2 Å². The third-order valence-corrected chi connectivity index (χ3v) is 6.80. The van der Waals surface area contributed by atoms with Gasteiger partial charge < -0.3 is 15.3 Å². The van der Waals surface area contributed by atoms with Crippen LogP contribution in [0.5, 0.6) is 0 Å². The highest BCUT2D eigenvalue weighted by molar-refractivity contribution is 7.99. The van der Waals surface area contributed by atoms with Gasteiger partial charge in [-0.1, -0.05) is 84.6 Å². The van der Waals surface area contributed by atoms with Gasteiger partial charge in [0.05, 0.1) is 12.5 Å². The molecule has 0 aliphatic carbocycles. The van der Waals surface area contributed by atoms with Crippen LogP contribution in [-0.4, -0.2) is 22.0 Å². The van der Waals surface area contributed by atoms with E-state index in [2.05, 4.69) is 5.32 Å². The molecule has 0 aliphatic heterocycles. The first-order valence-corrected chi connectivity index (χ1v) is 12.5. The topological polar surface area (TPSA) is 69.6 Å². The van der Waals surface area contributed by atoms with E-state index in [4.69, 9.17) is 5.11 Å². The Hall–Kier alpha value is -4.03. The van der Waals surface area contributed by atoms with Crippen LogP contribution in [-0.2, 0) is 17.8 Å². The van der Waals surface area contributed by atoms with Gasteiger partial charge in [0.1, 0.15) is 0 Å². The lowest BCUT2D eigenvalue weighted by Crippen LogP contribution is -2.36. The fourth-order valence-corrected chi connectivity index (χ4v) is 4.81. The maximum Gasteiger partial charge on any atom is 0.322 e. The van der Waals surface area contributed by atoms with Gasteiger partial charge in [0.2, 0.25) is 0 Å². The van der Waals surface area contributed by atoms with E-state index in [1.165, 1.54) is 0 Å². The number of carboxylic acids is 1. The third kappa shape index (κ3) is 6.99. The van der Waals surface area contributed by atoms with Crippen molar-refractivity contribution in [3.05, 3.63) is 126 Å². The summed E-state index contributed by atoms with van der Waals surface area (Å²) in [6.45, 7) is 2.53. The van der Waals surface area contributed by atoms with Crippen LogP contribution in [0.3, 0.4) is 0 Å². The molecule has 1 atom stereocenters. The molecular formula is C30H28N2O3S. The minimum absolute atomic E-state index is 0.000253. The zero-order chi connectivity index (χ0) is 25.3. The van der Waals surface area contributed by atoms with Crippen molar-refractivity contribution in [2.75, 3.05) is 5.32 Å². The van der Waals surface area contributed by atoms with Crippen molar-refractivity contribution in [2.24, 2.45) is 0 Å². The van der Waals surface area contributed by atoms with Gasteiger partial charge in [-0.15, -0.1) is 0 Å². The minimum Gasteiger partial charge on any atom is -0.481 e. The van der Waals surface area contributed by atoms with Crippen molar-refractivity contribution in [3.63, 3.8) is 0 Å². The highest BCUT2D eigenvalue weighted by atomic mass is 32.2. The summed E-state index contributed by atoms with van der Waals surface area (Å²) in [5.41, 5.74) is 3.61. The summed E-state index contributed by atoms with van der Waals surface area (Å²) in [5.74, 6) is -0.847. The number of carboxylic acid groups (broad SMARTS) is 1.